The van der Waals surface area contributed by atoms with Crippen LogP contribution in [0, 0.1) is 0 Å². The maximum absolute atomic E-state index is 10.9. The minimum absolute atomic E-state index is 0.0759. The second-order valence-electron chi connectivity index (χ2n) is 3.38. The highest BCUT2D eigenvalue weighted by molar-refractivity contribution is 5.69. The molecule has 1 aliphatic heterocycles. The summed E-state index contributed by atoms with van der Waals surface area (Å²) in [6.45, 7) is 7.15. The van der Waals surface area contributed by atoms with E-state index in [1.807, 2.05) is 11.9 Å². The molecule has 1 N–H and O–H groups in total. The lowest BCUT2D eigenvalue weighted by atomic mass is 10.3. The lowest BCUT2D eigenvalue weighted by molar-refractivity contribution is -0.143. The number of hydrogen-bond acceptors (Lipinski definition) is 4. The number of rotatable bonds is 4. The summed E-state index contributed by atoms with van der Waals surface area (Å²) in [5, 5.41) is 2.02. The molecule has 0 aromatic heterocycles. The fourth-order valence-corrected chi connectivity index (χ4v) is 1.08. The summed E-state index contributed by atoms with van der Waals surface area (Å²) in [5.41, 5.74) is 3.21. The van der Waals surface area contributed by atoms with Crippen molar-refractivity contribution in [1.29, 1.82) is 0 Å². The summed E-state index contributed by atoms with van der Waals surface area (Å²) in [7, 11) is 0. The van der Waals surface area contributed by atoms with E-state index in [1.165, 1.54) is 0 Å². The summed E-state index contributed by atoms with van der Waals surface area (Å²) >= 11 is 0. The quantitative estimate of drug-likeness (QED) is 0.495. The summed E-state index contributed by atoms with van der Waals surface area (Å²) < 4.78 is 4.79. The smallest absolute Gasteiger partial charge is 0.307 e. The van der Waals surface area contributed by atoms with Gasteiger partial charge in [0.1, 0.15) is 0 Å². The highest BCUT2D eigenvalue weighted by Crippen LogP contribution is 2.22. The van der Waals surface area contributed by atoms with Gasteiger partial charge in [0.05, 0.1) is 18.7 Å². The predicted molar refractivity (Wildman–Crippen MR) is 45.2 cm³/mol. The Morgan fingerprint density at radius 1 is 1.58 bits per heavy atom. The van der Waals surface area contributed by atoms with Crippen LogP contribution in [0.15, 0.2) is 0 Å². The van der Waals surface area contributed by atoms with Crippen molar-refractivity contribution in [2.75, 3.05) is 13.2 Å². The number of carbonyl (C=O) groups is 1. The van der Waals surface area contributed by atoms with Crippen molar-refractivity contribution in [1.82, 2.24) is 10.4 Å². The Labute approximate surface area is 72.8 Å². The largest absolute Gasteiger partial charge is 0.466 e. The third kappa shape index (κ3) is 2.46. The van der Waals surface area contributed by atoms with Crippen LogP contribution in [0.3, 0.4) is 0 Å². The van der Waals surface area contributed by atoms with E-state index in [4.69, 9.17) is 4.74 Å². The van der Waals surface area contributed by atoms with Crippen molar-refractivity contribution in [2.24, 2.45) is 0 Å². The molecule has 0 aliphatic carbocycles. The van der Waals surface area contributed by atoms with Crippen molar-refractivity contribution in [2.45, 2.75) is 32.9 Å². The van der Waals surface area contributed by atoms with Crippen LogP contribution < -0.4 is 5.43 Å². The van der Waals surface area contributed by atoms with Crippen molar-refractivity contribution >= 4 is 5.97 Å². The molecule has 1 heterocycles. The molecule has 0 bridgehead atoms. The van der Waals surface area contributed by atoms with Crippen LogP contribution in [0.1, 0.15) is 27.2 Å². The summed E-state index contributed by atoms with van der Waals surface area (Å²) in [6, 6.07) is 0. The van der Waals surface area contributed by atoms with Crippen molar-refractivity contribution in [3.63, 3.8) is 0 Å². The first-order valence-corrected chi connectivity index (χ1v) is 4.27. The molecular weight excluding hydrogens is 156 g/mol. The predicted octanol–water partition coefficient (Wildman–Crippen LogP) is 0.496. The molecule has 1 aliphatic rings. The molecule has 1 saturated heterocycles. The molecule has 4 heteroatoms. The molecule has 1 atom stereocenters. The average molecular weight is 172 g/mol. The van der Waals surface area contributed by atoms with Crippen LogP contribution in [0.25, 0.3) is 0 Å². The molecule has 1 unspecified atom stereocenters. The molecule has 0 radical (unpaired) electrons. The first-order chi connectivity index (χ1) is 5.56. The van der Waals surface area contributed by atoms with Crippen LogP contribution in [-0.4, -0.2) is 29.8 Å². The van der Waals surface area contributed by atoms with E-state index in [0.717, 1.165) is 6.54 Å². The molecule has 12 heavy (non-hydrogen) atoms. The minimum Gasteiger partial charge on any atom is -0.466 e. The van der Waals surface area contributed by atoms with Gasteiger partial charge in [-0.15, -0.1) is 0 Å². The summed E-state index contributed by atoms with van der Waals surface area (Å²) in [4.78, 5) is 10.9. The van der Waals surface area contributed by atoms with Gasteiger partial charge in [0.15, 0.2) is 0 Å². The first kappa shape index (κ1) is 9.48. The zero-order valence-corrected chi connectivity index (χ0v) is 7.89. The lowest BCUT2D eigenvalue weighted by Gasteiger charge is -2.02. The molecule has 0 aromatic carbocycles. The molecule has 0 amide bonds. The van der Waals surface area contributed by atoms with E-state index in [2.05, 4.69) is 19.3 Å². The Bertz CT molecular complexity index is 180. The third-order valence-corrected chi connectivity index (χ3v) is 1.88. The first-order valence-electron chi connectivity index (χ1n) is 4.27. The number of esters is 1. The molecule has 1 rings (SSSR count). The zero-order valence-electron chi connectivity index (χ0n) is 7.89. The molecule has 1 fully saturated rings. The Hall–Kier alpha value is -0.610. The topological polar surface area (TPSA) is 51.2 Å². The molecule has 4 nitrogen and oxygen atoms in total. The SMILES string of the molecule is CCOC(=O)CCN1NC1(C)C. The van der Waals surface area contributed by atoms with Gasteiger partial charge in [-0.2, -0.15) is 0 Å². The molecule has 0 saturated carbocycles. The van der Waals surface area contributed by atoms with Gasteiger partial charge in [0.2, 0.25) is 0 Å². The van der Waals surface area contributed by atoms with Crippen LogP contribution in [0.5, 0.6) is 0 Å². The van der Waals surface area contributed by atoms with E-state index in [1.54, 1.807) is 0 Å². The monoisotopic (exact) mass is 172 g/mol. The zero-order chi connectivity index (χ0) is 9.19. The van der Waals surface area contributed by atoms with Crippen LogP contribution in [-0.2, 0) is 9.53 Å². The Kier molecular flexibility index (Phi) is 2.69. The second kappa shape index (κ2) is 3.41. The lowest BCUT2D eigenvalue weighted by Crippen LogP contribution is -2.15. The van der Waals surface area contributed by atoms with Crippen molar-refractivity contribution < 1.29 is 9.53 Å². The van der Waals surface area contributed by atoms with E-state index >= 15 is 0 Å². The van der Waals surface area contributed by atoms with Crippen LogP contribution >= 0.6 is 0 Å². The van der Waals surface area contributed by atoms with E-state index < -0.39 is 0 Å². The van der Waals surface area contributed by atoms with Gasteiger partial charge in [-0.05, 0) is 20.8 Å². The van der Waals surface area contributed by atoms with Gasteiger partial charge in [-0.3, -0.25) is 4.79 Å². The van der Waals surface area contributed by atoms with Crippen LogP contribution in [0.2, 0.25) is 0 Å². The number of nitrogens with one attached hydrogen (secondary N) is 1. The van der Waals surface area contributed by atoms with E-state index in [-0.39, 0.29) is 11.6 Å². The Morgan fingerprint density at radius 3 is 2.58 bits per heavy atom. The fraction of sp³-hybridized carbons (Fsp3) is 0.875. The highest BCUT2D eigenvalue weighted by Gasteiger charge is 2.41. The maximum atomic E-state index is 10.9. The number of carbonyl (C=O) groups excluding carboxylic acids is 1. The third-order valence-electron chi connectivity index (χ3n) is 1.88. The summed E-state index contributed by atoms with van der Waals surface area (Å²) in [6.07, 6.45) is 0.463. The Balaban J connectivity index is 2.07. The van der Waals surface area contributed by atoms with Gasteiger partial charge < -0.3 is 4.74 Å². The number of nitrogens with zero attached hydrogens (tertiary/aromatic N) is 1. The molecule has 70 valence electrons. The van der Waals surface area contributed by atoms with Crippen molar-refractivity contribution in [3.8, 4) is 0 Å². The average Bonchev–Trinajstić information content (AvgIpc) is 2.56. The number of hydrogen-bond donors (Lipinski definition) is 1. The molecule has 0 spiro atoms. The highest BCUT2D eigenvalue weighted by atomic mass is 16.5. The van der Waals surface area contributed by atoms with Gasteiger partial charge in [0.25, 0.3) is 0 Å². The minimum atomic E-state index is -0.123. The summed E-state index contributed by atoms with van der Waals surface area (Å²) in [5.74, 6) is -0.123. The normalized spacial score (nSPS) is 25.1. The van der Waals surface area contributed by atoms with Gasteiger partial charge >= 0.3 is 5.97 Å². The van der Waals surface area contributed by atoms with E-state index in [0.29, 0.717) is 13.0 Å². The number of ether oxygens (including phenoxy) is 1. The van der Waals surface area contributed by atoms with E-state index in [9.17, 15) is 4.79 Å². The maximum Gasteiger partial charge on any atom is 0.307 e. The second-order valence-corrected chi connectivity index (χ2v) is 3.38. The molecule has 0 aromatic rings. The van der Waals surface area contributed by atoms with Gasteiger partial charge in [-0.25, -0.2) is 10.4 Å². The van der Waals surface area contributed by atoms with Crippen LogP contribution in [0.4, 0.5) is 0 Å². The fourth-order valence-electron chi connectivity index (χ4n) is 1.08. The standard InChI is InChI=1S/C8H16N2O2/c1-4-12-7(11)5-6-10-8(2,3)9-10/h9H,4-6H2,1-3H3. The van der Waals surface area contributed by atoms with Gasteiger partial charge in [0, 0.05) is 6.54 Å². The Morgan fingerprint density at radius 2 is 2.17 bits per heavy atom. The van der Waals surface area contributed by atoms with Gasteiger partial charge in [-0.1, -0.05) is 0 Å². The number of hydrazine groups is 1. The van der Waals surface area contributed by atoms with Crippen molar-refractivity contribution in [3.05, 3.63) is 0 Å². The molecular formula is C8H16N2O2.